The molecule has 2 fully saturated rings. The lowest BCUT2D eigenvalue weighted by molar-refractivity contribution is -0.139. The first kappa shape index (κ1) is 19.1. The van der Waals surface area contributed by atoms with Crippen LogP contribution in [0.4, 0.5) is 0 Å². The Balaban J connectivity index is 1.39. The summed E-state index contributed by atoms with van der Waals surface area (Å²) in [6.07, 6.45) is 0.918. The topological polar surface area (TPSA) is 53.1 Å². The van der Waals surface area contributed by atoms with Gasteiger partial charge in [-0.05, 0) is 17.7 Å². The quantitative estimate of drug-likeness (QED) is 0.773. The lowest BCUT2D eigenvalue weighted by atomic mass is 10.1. The molecule has 0 bridgehead atoms. The average Bonchev–Trinajstić information content (AvgIpc) is 2.69. The van der Waals surface area contributed by atoms with Gasteiger partial charge in [0.1, 0.15) is 0 Å². The van der Waals surface area contributed by atoms with E-state index >= 15 is 0 Å². The van der Waals surface area contributed by atoms with Gasteiger partial charge >= 0.3 is 0 Å². The molecule has 0 radical (unpaired) electrons. The number of morpholine rings is 1. The van der Waals surface area contributed by atoms with E-state index in [1.807, 2.05) is 21.9 Å². The van der Waals surface area contributed by atoms with Gasteiger partial charge < -0.3 is 14.5 Å². The standard InChI is InChI=1S/C19H26ClN3O3/c20-17-3-1-16(2-4-17)15-19(25)23-9-7-22(8-10-23)18(24)5-6-21-11-13-26-14-12-21/h1-4H,5-15H2. The van der Waals surface area contributed by atoms with Crippen LogP contribution < -0.4 is 0 Å². The van der Waals surface area contributed by atoms with Crippen molar-refractivity contribution in [1.82, 2.24) is 14.7 Å². The summed E-state index contributed by atoms with van der Waals surface area (Å²) in [4.78, 5) is 30.8. The monoisotopic (exact) mass is 379 g/mol. The van der Waals surface area contributed by atoms with Gasteiger partial charge in [-0.25, -0.2) is 0 Å². The number of piperazine rings is 1. The smallest absolute Gasteiger partial charge is 0.227 e. The Morgan fingerprint density at radius 3 is 2.08 bits per heavy atom. The van der Waals surface area contributed by atoms with Gasteiger partial charge in [-0.1, -0.05) is 23.7 Å². The largest absolute Gasteiger partial charge is 0.379 e. The molecule has 142 valence electrons. The Bertz CT molecular complexity index is 609. The fourth-order valence-corrected chi connectivity index (χ4v) is 3.46. The lowest BCUT2D eigenvalue weighted by Crippen LogP contribution is -2.51. The summed E-state index contributed by atoms with van der Waals surface area (Å²) >= 11 is 5.88. The maximum absolute atomic E-state index is 12.4. The van der Waals surface area contributed by atoms with Crippen LogP contribution >= 0.6 is 11.6 Å². The van der Waals surface area contributed by atoms with E-state index in [1.54, 1.807) is 12.1 Å². The normalized spacial score (nSPS) is 18.8. The molecule has 0 unspecified atom stereocenters. The molecule has 0 saturated carbocycles. The second-order valence-electron chi connectivity index (χ2n) is 6.77. The van der Waals surface area contributed by atoms with Crippen molar-refractivity contribution in [3.63, 3.8) is 0 Å². The van der Waals surface area contributed by atoms with Crippen LogP contribution in [0.3, 0.4) is 0 Å². The van der Waals surface area contributed by atoms with E-state index < -0.39 is 0 Å². The fourth-order valence-electron chi connectivity index (χ4n) is 3.33. The zero-order chi connectivity index (χ0) is 18.4. The van der Waals surface area contributed by atoms with Crippen molar-refractivity contribution in [2.75, 3.05) is 59.0 Å². The minimum atomic E-state index is 0.104. The number of amides is 2. The van der Waals surface area contributed by atoms with Crippen LogP contribution in [0.25, 0.3) is 0 Å². The molecule has 0 spiro atoms. The molecule has 6 nitrogen and oxygen atoms in total. The van der Waals surface area contributed by atoms with E-state index in [0.717, 1.165) is 38.4 Å². The predicted octanol–water partition coefficient (Wildman–Crippen LogP) is 1.28. The Hall–Kier alpha value is -1.63. The molecule has 2 aliphatic rings. The number of halogens is 1. The van der Waals surface area contributed by atoms with Crippen molar-refractivity contribution in [3.05, 3.63) is 34.9 Å². The number of ether oxygens (including phenoxy) is 1. The van der Waals surface area contributed by atoms with Gasteiger partial charge in [0.15, 0.2) is 0 Å². The van der Waals surface area contributed by atoms with Crippen LogP contribution in [0.15, 0.2) is 24.3 Å². The van der Waals surface area contributed by atoms with E-state index in [-0.39, 0.29) is 11.8 Å². The first-order valence-corrected chi connectivity index (χ1v) is 9.60. The predicted molar refractivity (Wildman–Crippen MR) is 100 cm³/mol. The van der Waals surface area contributed by atoms with E-state index in [9.17, 15) is 9.59 Å². The molecular weight excluding hydrogens is 354 g/mol. The number of nitrogens with zero attached hydrogens (tertiary/aromatic N) is 3. The molecule has 3 rings (SSSR count). The summed E-state index contributed by atoms with van der Waals surface area (Å²) in [5.74, 6) is 0.286. The highest BCUT2D eigenvalue weighted by Crippen LogP contribution is 2.12. The summed E-state index contributed by atoms with van der Waals surface area (Å²) < 4.78 is 5.32. The summed E-state index contributed by atoms with van der Waals surface area (Å²) in [5.41, 5.74) is 0.961. The Kier molecular flexibility index (Phi) is 6.88. The van der Waals surface area contributed by atoms with Crippen molar-refractivity contribution in [2.24, 2.45) is 0 Å². The van der Waals surface area contributed by atoms with Gasteiger partial charge in [-0.15, -0.1) is 0 Å². The third kappa shape index (κ3) is 5.43. The molecule has 2 heterocycles. The maximum atomic E-state index is 12.4. The Labute approximate surface area is 159 Å². The average molecular weight is 380 g/mol. The SMILES string of the molecule is O=C(CCN1CCOCC1)N1CCN(C(=O)Cc2ccc(Cl)cc2)CC1. The number of carbonyl (C=O) groups is 2. The van der Waals surface area contributed by atoms with E-state index in [1.165, 1.54) is 0 Å². The fraction of sp³-hybridized carbons (Fsp3) is 0.579. The molecule has 0 aromatic heterocycles. The van der Waals surface area contributed by atoms with Crippen LogP contribution in [0.1, 0.15) is 12.0 Å². The van der Waals surface area contributed by atoms with Gasteiger partial charge in [0.05, 0.1) is 19.6 Å². The highest BCUT2D eigenvalue weighted by molar-refractivity contribution is 6.30. The van der Waals surface area contributed by atoms with E-state index in [4.69, 9.17) is 16.3 Å². The molecule has 2 amide bonds. The highest BCUT2D eigenvalue weighted by Gasteiger charge is 2.24. The third-order valence-corrected chi connectivity index (χ3v) is 5.25. The van der Waals surface area contributed by atoms with Crippen LogP contribution in [0.5, 0.6) is 0 Å². The van der Waals surface area contributed by atoms with Crippen LogP contribution in [0.2, 0.25) is 5.02 Å². The number of benzene rings is 1. The van der Waals surface area contributed by atoms with Crippen molar-refractivity contribution in [3.8, 4) is 0 Å². The molecule has 7 heteroatoms. The zero-order valence-corrected chi connectivity index (χ0v) is 15.8. The second-order valence-corrected chi connectivity index (χ2v) is 7.21. The van der Waals surface area contributed by atoms with Gasteiger partial charge in [-0.2, -0.15) is 0 Å². The lowest BCUT2D eigenvalue weighted by Gasteiger charge is -2.35. The Morgan fingerprint density at radius 2 is 1.46 bits per heavy atom. The number of hydrogen-bond donors (Lipinski definition) is 0. The summed E-state index contributed by atoms with van der Waals surface area (Å²) in [6.45, 7) is 6.55. The molecule has 0 aliphatic carbocycles. The van der Waals surface area contributed by atoms with Crippen molar-refractivity contribution in [1.29, 1.82) is 0 Å². The van der Waals surface area contributed by atoms with Crippen molar-refractivity contribution >= 4 is 23.4 Å². The molecule has 2 saturated heterocycles. The summed E-state index contributed by atoms with van der Waals surface area (Å²) in [7, 11) is 0. The number of carbonyl (C=O) groups excluding carboxylic acids is 2. The number of hydrogen-bond acceptors (Lipinski definition) is 4. The summed E-state index contributed by atoms with van der Waals surface area (Å²) in [5, 5.41) is 0.672. The second kappa shape index (κ2) is 9.35. The van der Waals surface area contributed by atoms with Crippen LogP contribution in [-0.2, 0) is 20.7 Å². The molecule has 1 aromatic carbocycles. The Morgan fingerprint density at radius 1 is 0.885 bits per heavy atom. The molecule has 0 N–H and O–H groups in total. The molecule has 26 heavy (non-hydrogen) atoms. The van der Waals surface area contributed by atoms with Gasteiger partial charge in [0.25, 0.3) is 0 Å². The van der Waals surface area contributed by atoms with E-state index in [2.05, 4.69) is 4.90 Å². The zero-order valence-electron chi connectivity index (χ0n) is 15.0. The minimum Gasteiger partial charge on any atom is -0.379 e. The molecule has 1 aromatic rings. The third-order valence-electron chi connectivity index (χ3n) is 5.00. The van der Waals surface area contributed by atoms with Gasteiger partial charge in [0, 0.05) is 57.3 Å². The van der Waals surface area contributed by atoms with Crippen molar-refractivity contribution in [2.45, 2.75) is 12.8 Å². The minimum absolute atomic E-state index is 0.104. The number of rotatable bonds is 5. The van der Waals surface area contributed by atoms with E-state index in [0.29, 0.717) is 44.0 Å². The van der Waals surface area contributed by atoms with Gasteiger partial charge in [0.2, 0.25) is 11.8 Å². The van der Waals surface area contributed by atoms with Crippen LogP contribution in [0, 0.1) is 0 Å². The van der Waals surface area contributed by atoms with Crippen molar-refractivity contribution < 1.29 is 14.3 Å². The first-order valence-electron chi connectivity index (χ1n) is 9.22. The molecule has 0 atom stereocenters. The van der Waals surface area contributed by atoms with Gasteiger partial charge in [-0.3, -0.25) is 14.5 Å². The molecule has 2 aliphatic heterocycles. The summed E-state index contributed by atoms with van der Waals surface area (Å²) in [6, 6.07) is 7.36. The highest BCUT2D eigenvalue weighted by atomic mass is 35.5. The van der Waals surface area contributed by atoms with Crippen LogP contribution in [-0.4, -0.2) is 85.5 Å². The maximum Gasteiger partial charge on any atom is 0.227 e. The molecular formula is C19H26ClN3O3. The first-order chi connectivity index (χ1) is 12.6.